The van der Waals surface area contributed by atoms with Gasteiger partial charge in [-0.2, -0.15) is 0 Å². The van der Waals surface area contributed by atoms with Crippen LogP contribution in [0.3, 0.4) is 0 Å². The zero-order chi connectivity index (χ0) is 22.6. The molecule has 0 aliphatic heterocycles. The van der Waals surface area contributed by atoms with Gasteiger partial charge < -0.3 is 15.3 Å². The average molecular weight is 442 g/mol. The van der Waals surface area contributed by atoms with Crippen LogP contribution in [-0.2, 0) is 22.4 Å². The summed E-state index contributed by atoms with van der Waals surface area (Å²) in [7, 11) is 0. The molecular weight excluding hydrogens is 418 g/mol. The monoisotopic (exact) mass is 441 g/mol. The number of hydrogen-bond donors (Lipinski definition) is 3. The van der Waals surface area contributed by atoms with Crippen molar-refractivity contribution in [3.8, 4) is 11.1 Å². The maximum absolute atomic E-state index is 10.2. The number of carbonyl (C=O) groups is 2. The lowest BCUT2D eigenvalue weighted by Gasteiger charge is -2.11. The smallest absolute Gasteiger partial charge is 0.414 e. The van der Waals surface area contributed by atoms with Gasteiger partial charge in [0.15, 0.2) is 0 Å². The SMILES string of the molecule is O=C(O)C(=O)O.O[C@H](CCc1ccc(-c2cccc(Cl)c2)cc1)CCc1cccnc1. The lowest BCUT2D eigenvalue weighted by Crippen LogP contribution is -2.09. The number of halogens is 1. The van der Waals surface area contributed by atoms with Crippen molar-refractivity contribution in [2.75, 3.05) is 0 Å². The number of aliphatic carboxylic acids is 2. The molecule has 7 heteroatoms. The van der Waals surface area contributed by atoms with E-state index in [1.807, 2.05) is 36.5 Å². The van der Waals surface area contributed by atoms with Crippen LogP contribution >= 0.6 is 11.6 Å². The zero-order valence-corrected chi connectivity index (χ0v) is 17.6. The number of aryl methyl sites for hydroxylation is 2. The third kappa shape index (κ3) is 8.99. The van der Waals surface area contributed by atoms with Crippen LogP contribution in [0.4, 0.5) is 0 Å². The Balaban J connectivity index is 0.000000501. The fourth-order valence-corrected chi connectivity index (χ4v) is 3.08. The number of aromatic nitrogens is 1. The number of rotatable bonds is 7. The quantitative estimate of drug-likeness (QED) is 0.466. The normalized spacial score (nSPS) is 11.2. The molecule has 0 spiro atoms. The zero-order valence-electron chi connectivity index (χ0n) is 16.8. The van der Waals surface area contributed by atoms with Crippen LogP contribution in [0.2, 0.25) is 5.02 Å². The Kier molecular flexibility index (Phi) is 9.68. The highest BCUT2D eigenvalue weighted by Crippen LogP contribution is 2.23. The molecule has 0 radical (unpaired) electrons. The summed E-state index contributed by atoms with van der Waals surface area (Å²) in [5, 5.41) is 25.7. The van der Waals surface area contributed by atoms with Crippen molar-refractivity contribution in [3.63, 3.8) is 0 Å². The number of pyridine rings is 1. The maximum atomic E-state index is 10.2. The molecule has 0 amide bonds. The number of carboxylic acid groups (broad SMARTS) is 2. The number of aliphatic hydroxyl groups is 1. The molecule has 1 aromatic heterocycles. The lowest BCUT2D eigenvalue weighted by atomic mass is 9.99. The van der Waals surface area contributed by atoms with E-state index in [4.69, 9.17) is 31.4 Å². The van der Waals surface area contributed by atoms with Crippen LogP contribution in [0.5, 0.6) is 0 Å². The van der Waals surface area contributed by atoms with Gasteiger partial charge in [-0.15, -0.1) is 0 Å². The summed E-state index contributed by atoms with van der Waals surface area (Å²) in [5.41, 5.74) is 4.69. The lowest BCUT2D eigenvalue weighted by molar-refractivity contribution is -0.159. The molecule has 162 valence electrons. The first kappa shape index (κ1) is 24.1. The van der Waals surface area contributed by atoms with Gasteiger partial charge in [-0.3, -0.25) is 4.98 Å². The average Bonchev–Trinajstić information content (AvgIpc) is 2.77. The topological polar surface area (TPSA) is 108 Å². The van der Waals surface area contributed by atoms with E-state index >= 15 is 0 Å². The Labute approximate surface area is 185 Å². The van der Waals surface area contributed by atoms with Crippen LogP contribution in [0.25, 0.3) is 11.1 Å². The van der Waals surface area contributed by atoms with E-state index in [-0.39, 0.29) is 6.10 Å². The second-order valence-electron chi connectivity index (χ2n) is 6.91. The first-order valence-corrected chi connectivity index (χ1v) is 10.1. The molecule has 1 heterocycles. The highest BCUT2D eigenvalue weighted by Gasteiger charge is 2.06. The van der Waals surface area contributed by atoms with Gasteiger partial charge in [-0.05, 0) is 66.1 Å². The third-order valence-electron chi connectivity index (χ3n) is 4.55. The molecule has 0 fully saturated rings. The van der Waals surface area contributed by atoms with Gasteiger partial charge in [0.2, 0.25) is 0 Å². The number of nitrogens with zero attached hydrogens (tertiary/aromatic N) is 1. The molecule has 0 aliphatic carbocycles. The van der Waals surface area contributed by atoms with Gasteiger partial charge in [-0.25, -0.2) is 9.59 Å². The number of benzene rings is 2. The van der Waals surface area contributed by atoms with E-state index in [1.54, 1.807) is 6.20 Å². The van der Waals surface area contributed by atoms with Gasteiger partial charge >= 0.3 is 11.9 Å². The van der Waals surface area contributed by atoms with Crippen LogP contribution in [-0.4, -0.2) is 38.3 Å². The molecule has 3 rings (SSSR count). The van der Waals surface area contributed by atoms with Gasteiger partial charge in [0.25, 0.3) is 0 Å². The van der Waals surface area contributed by atoms with Gasteiger partial charge in [0.1, 0.15) is 0 Å². The minimum Gasteiger partial charge on any atom is -0.473 e. The van der Waals surface area contributed by atoms with Crippen molar-refractivity contribution < 1.29 is 24.9 Å². The Morgan fingerprint density at radius 2 is 1.48 bits per heavy atom. The van der Waals surface area contributed by atoms with E-state index in [9.17, 15) is 5.11 Å². The molecule has 3 N–H and O–H groups in total. The van der Waals surface area contributed by atoms with Gasteiger partial charge in [0, 0.05) is 17.4 Å². The number of hydrogen-bond acceptors (Lipinski definition) is 4. The van der Waals surface area contributed by atoms with Crippen molar-refractivity contribution >= 4 is 23.5 Å². The van der Waals surface area contributed by atoms with E-state index < -0.39 is 11.9 Å². The molecule has 0 saturated carbocycles. The maximum Gasteiger partial charge on any atom is 0.414 e. The summed E-state index contributed by atoms with van der Waals surface area (Å²) in [6.07, 6.45) is 6.64. The molecule has 0 aliphatic rings. The fraction of sp³-hybridized carbons (Fsp3) is 0.208. The minimum atomic E-state index is -1.82. The summed E-state index contributed by atoms with van der Waals surface area (Å²) in [6.45, 7) is 0. The van der Waals surface area contributed by atoms with Crippen LogP contribution in [0, 0.1) is 0 Å². The van der Waals surface area contributed by atoms with Gasteiger partial charge in [0.05, 0.1) is 6.10 Å². The summed E-state index contributed by atoms with van der Waals surface area (Å²) in [5.74, 6) is -3.65. The Bertz CT molecular complexity index is 965. The van der Waals surface area contributed by atoms with Crippen molar-refractivity contribution in [3.05, 3.63) is 89.2 Å². The largest absolute Gasteiger partial charge is 0.473 e. The van der Waals surface area contributed by atoms with Crippen molar-refractivity contribution in [2.24, 2.45) is 0 Å². The second kappa shape index (κ2) is 12.5. The Hall–Kier alpha value is -3.22. The van der Waals surface area contributed by atoms with Gasteiger partial charge in [-0.1, -0.05) is 54.1 Å². The molecule has 3 aromatic rings. The highest BCUT2D eigenvalue weighted by atomic mass is 35.5. The molecule has 0 saturated heterocycles. The first-order valence-electron chi connectivity index (χ1n) is 9.73. The van der Waals surface area contributed by atoms with Crippen LogP contribution in [0.1, 0.15) is 24.0 Å². The molecule has 2 aromatic carbocycles. The predicted molar refractivity (Wildman–Crippen MR) is 119 cm³/mol. The van der Waals surface area contributed by atoms with Crippen LogP contribution in [0.15, 0.2) is 73.1 Å². The van der Waals surface area contributed by atoms with E-state index in [0.29, 0.717) is 0 Å². The summed E-state index contributed by atoms with van der Waals surface area (Å²) in [4.78, 5) is 22.3. The second-order valence-corrected chi connectivity index (χ2v) is 7.35. The fourth-order valence-electron chi connectivity index (χ4n) is 2.89. The molecule has 6 nitrogen and oxygen atoms in total. The van der Waals surface area contributed by atoms with E-state index in [1.165, 1.54) is 11.1 Å². The summed E-state index contributed by atoms with van der Waals surface area (Å²) in [6, 6.07) is 20.3. The predicted octanol–water partition coefficient (Wildman–Crippen LogP) is 4.48. The molecule has 31 heavy (non-hydrogen) atoms. The van der Waals surface area contributed by atoms with Crippen molar-refractivity contribution in [2.45, 2.75) is 31.8 Å². The number of aliphatic hydroxyl groups excluding tert-OH is 1. The molecule has 1 atom stereocenters. The third-order valence-corrected chi connectivity index (χ3v) is 4.79. The molecule has 0 bridgehead atoms. The summed E-state index contributed by atoms with van der Waals surface area (Å²) < 4.78 is 0. The van der Waals surface area contributed by atoms with E-state index in [0.717, 1.165) is 41.8 Å². The molecule has 0 unspecified atom stereocenters. The molecular formula is C24H24ClNO5. The number of carboxylic acids is 2. The van der Waals surface area contributed by atoms with Crippen molar-refractivity contribution in [1.29, 1.82) is 0 Å². The highest BCUT2D eigenvalue weighted by molar-refractivity contribution is 6.30. The van der Waals surface area contributed by atoms with Crippen molar-refractivity contribution in [1.82, 2.24) is 4.98 Å². The van der Waals surface area contributed by atoms with E-state index in [2.05, 4.69) is 35.3 Å². The van der Waals surface area contributed by atoms with Crippen LogP contribution < -0.4 is 0 Å². The Morgan fingerprint density at radius 1 is 0.839 bits per heavy atom. The standard InChI is InChI=1S/C22H22ClNO.C2H2O4/c23-21-5-1-4-20(15-21)19-10-6-17(7-11-19)8-12-22(25)13-9-18-3-2-14-24-16-18;3-1(4)2(5)6/h1-7,10-11,14-16,22,25H,8-9,12-13H2;(H,3,4)(H,5,6)/t22-;/m1./s1. The Morgan fingerprint density at radius 3 is 2.03 bits per heavy atom. The minimum absolute atomic E-state index is 0.284. The summed E-state index contributed by atoms with van der Waals surface area (Å²) >= 11 is 6.05. The first-order chi connectivity index (χ1) is 14.8.